The summed E-state index contributed by atoms with van der Waals surface area (Å²) in [6.45, 7) is 6.93. The summed E-state index contributed by atoms with van der Waals surface area (Å²) in [6, 6.07) is 7.48. The number of rotatable bonds is 2. The molecule has 1 aromatic carbocycles. The lowest BCUT2D eigenvalue weighted by Gasteiger charge is -2.24. The van der Waals surface area contributed by atoms with E-state index in [1.54, 1.807) is 0 Å². The van der Waals surface area contributed by atoms with E-state index in [1.165, 1.54) is 48.1 Å². The third-order valence-corrected chi connectivity index (χ3v) is 5.17. The second-order valence-electron chi connectivity index (χ2n) is 5.74. The fourth-order valence-electron chi connectivity index (χ4n) is 3.26. The van der Waals surface area contributed by atoms with Crippen molar-refractivity contribution in [2.45, 2.75) is 32.4 Å². The van der Waals surface area contributed by atoms with Crippen LogP contribution in [-0.4, -0.2) is 30.6 Å². The van der Waals surface area contributed by atoms with E-state index in [9.17, 15) is 0 Å². The van der Waals surface area contributed by atoms with Gasteiger partial charge in [-0.3, -0.25) is 4.90 Å². The Bertz CT molecular complexity index is 419. The minimum Gasteiger partial charge on any atom is -0.312 e. The number of aryl methyl sites for hydroxylation is 1. The highest BCUT2D eigenvalue weighted by molar-refractivity contribution is 9.10. The fourth-order valence-corrected chi connectivity index (χ4v) is 3.68. The molecule has 0 unspecified atom stereocenters. The number of hydrogen-bond donors (Lipinski definition) is 1. The molecule has 2 fully saturated rings. The first-order chi connectivity index (χ1) is 8.72. The Kier molecular flexibility index (Phi) is 3.73. The molecule has 0 amide bonds. The van der Waals surface area contributed by atoms with Crippen molar-refractivity contribution in [3.63, 3.8) is 0 Å². The first kappa shape index (κ1) is 12.6. The lowest BCUT2D eigenvalue weighted by molar-refractivity contribution is 0.312. The van der Waals surface area contributed by atoms with Gasteiger partial charge >= 0.3 is 0 Å². The van der Waals surface area contributed by atoms with E-state index in [0.29, 0.717) is 0 Å². The molecule has 3 rings (SSSR count). The largest absolute Gasteiger partial charge is 0.312 e. The molecule has 2 atom stereocenters. The van der Waals surface area contributed by atoms with Gasteiger partial charge in [0.05, 0.1) is 0 Å². The van der Waals surface area contributed by atoms with Gasteiger partial charge < -0.3 is 5.32 Å². The van der Waals surface area contributed by atoms with Crippen molar-refractivity contribution in [1.82, 2.24) is 10.2 Å². The molecule has 0 spiro atoms. The van der Waals surface area contributed by atoms with Gasteiger partial charge in [0.1, 0.15) is 0 Å². The minimum absolute atomic E-state index is 0.743. The maximum Gasteiger partial charge on any atom is 0.0235 e. The number of piperidine rings is 1. The van der Waals surface area contributed by atoms with Crippen LogP contribution < -0.4 is 5.32 Å². The fraction of sp³-hybridized carbons (Fsp3) is 0.600. The van der Waals surface area contributed by atoms with Crippen molar-refractivity contribution >= 4 is 15.9 Å². The molecule has 2 aliphatic heterocycles. The van der Waals surface area contributed by atoms with Crippen molar-refractivity contribution in [3.8, 4) is 0 Å². The molecule has 0 radical (unpaired) electrons. The zero-order valence-electron chi connectivity index (χ0n) is 11.0. The summed E-state index contributed by atoms with van der Waals surface area (Å²) in [4.78, 5) is 2.60. The molecule has 2 aliphatic rings. The van der Waals surface area contributed by atoms with Gasteiger partial charge in [-0.15, -0.1) is 0 Å². The lowest BCUT2D eigenvalue weighted by Crippen LogP contribution is -2.40. The molecule has 2 saturated heterocycles. The average Bonchev–Trinajstić information content (AvgIpc) is 2.76. The number of nitrogens with one attached hydrogen (secondary N) is 1. The molecule has 18 heavy (non-hydrogen) atoms. The standard InChI is InChI=1S/C15H21BrN2/c1-11-4-5-12(7-14(11)16)8-18-9-13-3-2-6-17-15(13)10-18/h4-5,7,13,15,17H,2-3,6,8-10H2,1H3/t13-,15+/m0/s1. The van der Waals surface area contributed by atoms with Gasteiger partial charge in [-0.05, 0) is 49.4 Å². The monoisotopic (exact) mass is 308 g/mol. The first-order valence-electron chi connectivity index (χ1n) is 6.93. The van der Waals surface area contributed by atoms with Crippen LogP contribution in [0.15, 0.2) is 22.7 Å². The highest BCUT2D eigenvalue weighted by atomic mass is 79.9. The van der Waals surface area contributed by atoms with E-state index in [-0.39, 0.29) is 0 Å². The van der Waals surface area contributed by atoms with Crippen LogP contribution in [0.3, 0.4) is 0 Å². The smallest absolute Gasteiger partial charge is 0.0235 e. The summed E-state index contributed by atoms with van der Waals surface area (Å²) in [6.07, 6.45) is 2.76. The molecule has 1 N–H and O–H groups in total. The Balaban J connectivity index is 1.64. The van der Waals surface area contributed by atoms with E-state index in [4.69, 9.17) is 0 Å². The van der Waals surface area contributed by atoms with Crippen molar-refractivity contribution in [1.29, 1.82) is 0 Å². The van der Waals surface area contributed by atoms with Crippen molar-refractivity contribution in [2.75, 3.05) is 19.6 Å². The van der Waals surface area contributed by atoms with Gasteiger partial charge in [0.25, 0.3) is 0 Å². The van der Waals surface area contributed by atoms with Gasteiger partial charge in [-0.2, -0.15) is 0 Å². The van der Waals surface area contributed by atoms with Crippen molar-refractivity contribution in [3.05, 3.63) is 33.8 Å². The first-order valence-corrected chi connectivity index (χ1v) is 7.72. The molecule has 0 bridgehead atoms. The molecule has 3 heteroatoms. The van der Waals surface area contributed by atoms with Gasteiger partial charge in [0.2, 0.25) is 0 Å². The molecule has 0 aromatic heterocycles. The number of halogens is 1. The molecule has 0 aliphatic carbocycles. The van der Waals surface area contributed by atoms with Crippen LogP contribution >= 0.6 is 15.9 Å². The van der Waals surface area contributed by atoms with Crippen LogP contribution in [0.5, 0.6) is 0 Å². The lowest BCUT2D eigenvalue weighted by atomic mass is 9.94. The van der Waals surface area contributed by atoms with E-state index in [0.717, 1.165) is 18.5 Å². The molecule has 0 saturated carbocycles. The minimum atomic E-state index is 0.743. The highest BCUT2D eigenvalue weighted by Gasteiger charge is 2.33. The van der Waals surface area contributed by atoms with Crippen LogP contribution in [0.1, 0.15) is 24.0 Å². The summed E-state index contributed by atoms with van der Waals surface area (Å²) < 4.78 is 1.23. The predicted molar refractivity (Wildman–Crippen MR) is 78.7 cm³/mol. The topological polar surface area (TPSA) is 15.3 Å². The SMILES string of the molecule is Cc1ccc(CN2C[C@@H]3CCCN[C@@H]3C2)cc1Br. The maximum absolute atomic E-state index is 3.67. The zero-order valence-corrected chi connectivity index (χ0v) is 12.5. The quantitative estimate of drug-likeness (QED) is 0.903. The van der Waals surface area contributed by atoms with Gasteiger partial charge in [-0.1, -0.05) is 28.1 Å². The number of benzene rings is 1. The number of fused-ring (bicyclic) bond motifs is 1. The Morgan fingerprint density at radius 3 is 3.06 bits per heavy atom. The summed E-state index contributed by atoms with van der Waals surface area (Å²) in [5, 5.41) is 3.67. The molecule has 2 nitrogen and oxygen atoms in total. The van der Waals surface area contributed by atoms with Crippen molar-refractivity contribution in [2.24, 2.45) is 5.92 Å². The molecule has 2 heterocycles. The maximum atomic E-state index is 3.67. The van der Waals surface area contributed by atoms with Crippen LogP contribution in [-0.2, 0) is 6.54 Å². The van der Waals surface area contributed by atoms with Gasteiger partial charge in [-0.25, -0.2) is 0 Å². The zero-order chi connectivity index (χ0) is 12.5. The van der Waals surface area contributed by atoms with E-state index >= 15 is 0 Å². The van der Waals surface area contributed by atoms with Gasteiger partial charge in [0, 0.05) is 30.1 Å². The van der Waals surface area contributed by atoms with Crippen LogP contribution in [0, 0.1) is 12.8 Å². The summed E-state index contributed by atoms with van der Waals surface area (Å²) in [7, 11) is 0. The Hall–Kier alpha value is -0.380. The van der Waals surface area contributed by atoms with E-state index in [2.05, 4.69) is 51.3 Å². The molecular formula is C15H21BrN2. The molecule has 98 valence electrons. The normalized spacial score (nSPS) is 28.3. The molecule has 1 aromatic rings. The number of hydrogen-bond acceptors (Lipinski definition) is 2. The van der Waals surface area contributed by atoms with Gasteiger partial charge in [0.15, 0.2) is 0 Å². The summed E-state index contributed by atoms with van der Waals surface area (Å²) in [5.74, 6) is 0.882. The average molecular weight is 309 g/mol. The third-order valence-electron chi connectivity index (χ3n) is 4.32. The second-order valence-corrected chi connectivity index (χ2v) is 6.59. The Labute approximate surface area is 118 Å². The van der Waals surface area contributed by atoms with E-state index in [1.807, 2.05) is 0 Å². The highest BCUT2D eigenvalue weighted by Crippen LogP contribution is 2.26. The van der Waals surface area contributed by atoms with Crippen LogP contribution in [0.2, 0.25) is 0 Å². The summed E-state index contributed by atoms with van der Waals surface area (Å²) in [5.41, 5.74) is 2.74. The number of nitrogens with zero attached hydrogens (tertiary/aromatic N) is 1. The predicted octanol–water partition coefficient (Wildman–Crippen LogP) is 2.94. The summed E-state index contributed by atoms with van der Waals surface area (Å²) >= 11 is 3.63. The Morgan fingerprint density at radius 1 is 1.39 bits per heavy atom. The third kappa shape index (κ3) is 2.63. The van der Waals surface area contributed by atoms with E-state index < -0.39 is 0 Å². The molecular weight excluding hydrogens is 288 g/mol. The van der Waals surface area contributed by atoms with Crippen LogP contribution in [0.25, 0.3) is 0 Å². The second kappa shape index (κ2) is 5.32. The number of likely N-dealkylation sites (tertiary alicyclic amines) is 1. The van der Waals surface area contributed by atoms with Crippen LogP contribution in [0.4, 0.5) is 0 Å². The van der Waals surface area contributed by atoms with Crippen molar-refractivity contribution < 1.29 is 0 Å². The Morgan fingerprint density at radius 2 is 2.28 bits per heavy atom.